The summed E-state index contributed by atoms with van der Waals surface area (Å²) in [6.45, 7) is 4.11. The van der Waals surface area contributed by atoms with E-state index in [4.69, 9.17) is 9.47 Å². The number of nitrogens with one attached hydrogen (secondary N) is 2. The van der Waals surface area contributed by atoms with Gasteiger partial charge in [0, 0.05) is 17.3 Å². The highest BCUT2D eigenvalue weighted by atomic mass is 32.2. The zero-order valence-electron chi connectivity index (χ0n) is 19.4. The van der Waals surface area contributed by atoms with E-state index in [1.165, 1.54) is 25.3 Å². The second kappa shape index (κ2) is 11.8. The average Bonchev–Trinajstić information content (AvgIpc) is 2.83. The number of nitriles is 1. The summed E-state index contributed by atoms with van der Waals surface area (Å²) >= 11 is 1.28. The van der Waals surface area contributed by atoms with Crippen LogP contribution in [0.25, 0.3) is 0 Å². The standard InChI is InChI=1S/C25H31N3O4S/c1-4-32-20-13-9-8-12-18(20)23-19(14-26)24(27-16(2)22(23)25(30)31-3)33-15-21(29)28-17-10-6-5-7-11-17/h8-9,12-13,17,23,27H,4-7,10-11,15H2,1-3H3,(H,28,29)/t23-/m1/s1. The zero-order valence-corrected chi connectivity index (χ0v) is 20.2. The molecule has 3 rings (SSSR count). The van der Waals surface area contributed by atoms with Crippen LogP contribution in [0.15, 0.2) is 46.1 Å². The molecular weight excluding hydrogens is 438 g/mol. The van der Waals surface area contributed by atoms with Gasteiger partial charge in [0.05, 0.1) is 47.6 Å². The van der Waals surface area contributed by atoms with Crippen molar-refractivity contribution in [1.82, 2.24) is 10.6 Å². The molecule has 1 aliphatic heterocycles. The predicted molar refractivity (Wildman–Crippen MR) is 128 cm³/mol. The number of hydrogen-bond acceptors (Lipinski definition) is 7. The number of ether oxygens (including phenoxy) is 2. The summed E-state index contributed by atoms with van der Waals surface area (Å²) in [5, 5.41) is 17.0. The van der Waals surface area contributed by atoms with Crippen LogP contribution in [-0.4, -0.2) is 37.4 Å². The Morgan fingerprint density at radius 1 is 1.24 bits per heavy atom. The van der Waals surface area contributed by atoms with Crippen molar-refractivity contribution in [1.29, 1.82) is 5.26 Å². The van der Waals surface area contributed by atoms with Crippen LogP contribution in [0.2, 0.25) is 0 Å². The Morgan fingerprint density at radius 3 is 2.64 bits per heavy atom. The lowest BCUT2D eigenvalue weighted by molar-refractivity contribution is -0.136. The maximum Gasteiger partial charge on any atom is 0.336 e. The highest BCUT2D eigenvalue weighted by Gasteiger charge is 2.37. The largest absolute Gasteiger partial charge is 0.494 e. The molecule has 1 aliphatic carbocycles. The molecule has 1 amide bonds. The third-order valence-corrected chi connectivity index (χ3v) is 6.92. The van der Waals surface area contributed by atoms with Crippen LogP contribution in [0.5, 0.6) is 5.75 Å². The monoisotopic (exact) mass is 469 g/mol. The Balaban J connectivity index is 1.91. The van der Waals surface area contributed by atoms with Gasteiger partial charge in [-0.2, -0.15) is 5.26 Å². The summed E-state index contributed by atoms with van der Waals surface area (Å²) in [4.78, 5) is 25.3. The quantitative estimate of drug-likeness (QED) is 0.552. The smallest absolute Gasteiger partial charge is 0.336 e. The number of nitrogens with zero attached hydrogens (tertiary/aromatic N) is 1. The van der Waals surface area contributed by atoms with Gasteiger partial charge in [0.2, 0.25) is 5.91 Å². The van der Waals surface area contributed by atoms with Crippen molar-refractivity contribution in [2.45, 2.75) is 57.9 Å². The fourth-order valence-electron chi connectivity index (χ4n) is 4.38. The van der Waals surface area contributed by atoms with E-state index in [0.29, 0.717) is 39.8 Å². The zero-order chi connectivity index (χ0) is 23.8. The second-order valence-electron chi connectivity index (χ2n) is 8.10. The van der Waals surface area contributed by atoms with Crippen LogP contribution in [0.1, 0.15) is 57.4 Å². The van der Waals surface area contributed by atoms with E-state index in [9.17, 15) is 14.9 Å². The Kier molecular flexibility index (Phi) is 8.84. The van der Waals surface area contributed by atoms with Crippen molar-refractivity contribution in [3.05, 3.63) is 51.7 Å². The molecule has 2 N–H and O–H groups in total. The second-order valence-corrected chi connectivity index (χ2v) is 9.09. The third-order valence-electron chi connectivity index (χ3n) is 5.90. The molecule has 1 heterocycles. The SMILES string of the molecule is CCOc1ccccc1[C@@H]1C(C#N)=C(SCC(=O)NC2CCCCC2)NC(C)=C1C(=O)OC. The lowest BCUT2D eigenvalue weighted by atomic mass is 9.82. The molecule has 1 aromatic carbocycles. The number of dihydropyridines is 1. The number of carbonyl (C=O) groups excluding carboxylic acids is 2. The van der Waals surface area contributed by atoms with Crippen LogP contribution in [0, 0.1) is 11.3 Å². The summed E-state index contributed by atoms with van der Waals surface area (Å²) in [6.07, 6.45) is 5.54. The van der Waals surface area contributed by atoms with Gasteiger partial charge in [0.25, 0.3) is 0 Å². The first kappa shape index (κ1) is 24.7. The van der Waals surface area contributed by atoms with Crippen molar-refractivity contribution in [2.24, 2.45) is 0 Å². The number of hydrogen-bond donors (Lipinski definition) is 2. The number of esters is 1. The van der Waals surface area contributed by atoms with Gasteiger partial charge in [-0.3, -0.25) is 4.79 Å². The average molecular weight is 470 g/mol. The molecule has 0 spiro atoms. The van der Waals surface area contributed by atoms with Gasteiger partial charge >= 0.3 is 5.97 Å². The molecule has 1 fully saturated rings. The number of benzene rings is 1. The molecule has 0 bridgehead atoms. The van der Waals surface area contributed by atoms with Crippen molar-refractivity contribution < 1.29 is 19.1 Å². The maximum absolute atomic E-state index is 12.7. The van der Waals surface area contributed by atoms with E-state index in [1.54, 1.807) is 6.92 Å². The molecule has 0 unspecified atom stereocenters. The summed E-state index contributed by atoms with van der Waals surface area (Å²) in [6, 6.07) is 9.88. The Bertz CT molecular complexity index is 990. The topological polar surface area (TPSA) is 100 Å². The number of amides is 1. The highest BCUT2D eigenvalue weighted by molar-refractivity contribution is 8.03. The number of methoxy groups -OCH3 is 1. The van der Waals surface area contributed by atoms with Gasteiger partial charge in [-0.1, -0.05) is 49.2 Å². The van der Waals surface area contributed by atoms with Gasteiger partial charge in [-0.15, -0.1) is 0 Å². The molecular formula is C25H31N3O4S. The van der Waals surface area contributed by atoms with E-state index in [1.807, 2.05) is 31.2 Å². The number of para-hydroxylation sites is 1. The van der Waals surface area contributed by atoms with Crippen molar-refractivity contribution in [2.75, 3.05) is 19.5 Å². The molecule has 1 saturated carbocycles. The first-order chi connectivity index (χ1) is 16.0. The summed E-state index contributed by atoms with van der Waals surface area (Å²) < 4.78 is 10.8. The molecule has 176 valence electrons. The number of thioether (sulfide) groups is 1. The molecule has 8 heteroatoms. The van der Waals surface area contributed by atoms with Gasteiger partial charge < -0.3 is 20.1 Å². The van der Waals surface area contributed by atoms with E-state index in [2.05, 4.69) is 16.7 Å². The molecule has 1 aromatic rings. The van der Waals surface area contributed by atoms with Gasteiger partial charge in [-0.25, -0.2) is 4.79 Å². The minimum atomic E-state index is -0.657. The normalized spacial score (nSPS) is 18.9. The van der Waals surface area contributed by atoms with Crippen LogP contribution in [-0.2, 0) is 14.3 Å². The van der Waals surface area contributed by atoms with Gasteiger partial charge in [-0.05, 0) is 32.8 Å². The fraction of sp³-hybridized carbons (Fsp3) is 0.480. The predicted octanol–water partition coefficient (Wildman–Crippen LogP) is 4.14. The Hall–Kier alpha value is -2.92. The van der Waals surface area contributed by atoms with E-state index >= 15 is 0 Å². The van der Waals surface area contributed by atoms with E-state index in [0.717, 1.165) is 25.7 Å². The minimum Gasteiger partial charge on any atom is -0.494 e. The van der Waals surface area contributed by atoms with Crippen molar-refractivity contribution >= 4 is 23.6 Å². The molecule has 33 heavy (non-hydrogen) atoms. The number of carbonyl (C=O) groups is 2. The van der Waals surface area contributed by atoms with Crippen LogP contribution in [0.3, 0.4) is 0 Å². The first-order valence-corrected chi connectivity index (χ1v) is 12.3. The van der Waals surface area contributed by atoms with E-state index < -0.39 is 11.9 Å². The Morgan fingerprint density at radius 2 is 1.97 bits per heavy atom. The molecule has 0 radical (unpaired) electrons. The lowest BCUT2D eigenvalue weighted by Gasteiger charge is -2.30. The number of allylic oxidation sites excluding steroid dienone is 2. The minimum absolute atomic E-state index is 0.0508. The van der Waals surface area contributed by atoms with Crippen LogP contribution >= 0.6 is 11.8 Å². The van der Waals surface area contributed by atoms with Crippen LogP contribution < -0.4 is 15.4 Å². The molecule has 0 aromatic heterocycles. The molecule has 7 nitrogen and oxygen atoms in total. The van der Waals surface area contributed by atoms with Gasteiger partial charge in [0.1, 0.15) is 5.75 Å². The third kappa shape index (κ3) is 5.91. The molecule has 2 aliphatic rings. The highest BCUT2D eigenvalue weighted by Crippen LogP contribution is 2.43. The number of rotatable bonds is 8. The lowest BCUT2D eigenvalue weighted by Crippen LogP contribution is -2.37. The first-order valence-electron chi connectivity index (χ1n) is 11.3. The van der Waals surface area contributed by atoms with Gasteiger partial charge in [0.15, 0.2) is 0 Å². The summed E-state index contributed by atoms with van der Waals surface area (Å²) in [5.74, 6) is -0.429. The molecule has 1 atom stereocenters. The van der Waals surface area contributed by atoms with Crippen molar-refractivity contribution in [3.8, 4) is 11.8 Å². The van der Waals surface area contributed by atoms with Crippen LogP contribution in [0.4, 0.5) is 0 Å². The fourth-order valence-corrected chi connectivity index (χ4v) is 5.28. The maximum atomic E-state index is 12.7. The summed E-state index contributed by atoms with van der Waals surface area (Å²) in [7, 11) is 1.32. The summed E-state index contributed by atoms with van der Waals surface area (Å²) in [5.41, 5.74) is 2.02. The van der Waals surface area contributed by atoms with E-state index in [-0.39, 0.29) is 17.7 Å². The Labute approximate surface area is 199 Å². The molecule has 0 saturated heterocycles. The van der Waals surface area contributed by atoms with Crippen molar-refractivity contribution in [3.63, 3.8) is 0 Å².